The van der Waals surface area contributed by atoms with Crippen molar-refractivity contribution in [2.24, 2.45) is 5.16 Å². The van der Waals surface area contributed by atoms with Gasteiger partial charge in [-0.05, 0) is 6.42 Å². The zero-order valence-corrected chi connectivity index (χ0v) is 13.7. The molecule has 0 spiro atoms. The topological polar surface area (TPSA) is 70.9 Å². The molecule has 1 fully saturated rings. The van der Waals surface area contributed by atoms with Gasteiger partial charge in [-0.2, -0.15) is 13.2 Å². The molecule has 132 valence electrons. The minimum absolute atomic E-state index is 0.130. The van der Waals surface area contributed by atoms with Crippen molar-refractivity contribution >= 4 is 28.1 Å². The molecule has 1 aromatic heterocycles. The van der Waals surface area contributed by atoms with E-state index in [1.165, 1.54) is 0 Å². The van der Waals surface area contributed by atoms with E-state index in [0.29, 0.717) is 43.9 Å². The second kappa shape index (κ2) is 6.54. The van der Waals surface area contributed by atoms with Crippen LogP contribution >= 0.6 is 11.3 Å². The summed E-state index contributed by atoms with van der Waals surface area (Å²) in [5.74, 6) is -0.130. The average Bonchev–Trinajstić information content (AvgIpc) is 3.23. The lowest BCUT2D eigenvalue weighted by Crippen LogP contribution is -2.51. The van der Waals surface area contributed by atoms with Gasteiger partial charge in [-0.3, -0.25) is 4.79 Å². The molecule has 0 saturated carbocycles. The molecule has 0 N–H and O–H groups in total. The van der Waals surface area contributed by atoms with E-state index in [1.807, 2.05) is 6.92 Å². The maximum atomic E-state index is 12.6. The minimum Gasteiger partial charge on any atom is -0.382 e. The zero-order chi connectivity index (χ0) is 17.3. The van der Waals surface area contributed by atoms with Crippen molar-refractivity contribution in [3.8, 4) is 0 Å². The van der Waals surface area contributed by atoms with Crippen molar-refractivity contribution < 1.29 is 22.8 Å². The van der Waals surface area contributed by atoms with E-state index in [9.17, 15) is 18.0 Å². The van der Waals surface area contributed by atoms with Crippen LogP contribution < -0.4 is 4.90 Å². The van der Waals surface area contributed by atoms with E-state index in [1.54, 1.807) is 9.80 Å². The van der Waals surface area contributed by atoms with Crippen molar-refractivity contribution in [3.63, 3.8) is 0 Å². The van der Waals surface area contributed by atoms with E-state index in [-0.39, 0.29) is 11.0 Å². The number of amides is 1. The molecular weight excluding hydrogens is 347 g/mol. The van der Waals surface area contributed by atoms with Gasteiger partial charge in [0.25, 0.3) is 5.91 Å². The third-order valence-corrected chi connectivity index (χ3v) is 4.96. The Labute approximate surface area is 140 Å². The first-order valence-corrected chi connectivity index (χ1v) is 8.36. The van der Waals surface area contributed by atoms with E-state index in [2.05, 4.69) is 15.4 Å². The van der Waals surface area contributed by atoms with Gasteiger partial charge in [0.15, 0.2) is 0 Å². The largest absolute Gasteiger partial charge is 0.445 e. The molecule has 0 aromatic carbocycles. The smallest absolute Gasteiger partial charge is 0.382 e. The van der Waals surface area contributed by atoms with Gasteiger partial charge in [-0.15, -0.1) is 10.2 Å². The molecule has 2 aliphatic heterocycles. The molecule has 11 heteroatoms. The highest BCUT2D eigenvalue weighted by Gasteiger charge is 2.37. The quantitative estimate of drug-likeness (QED) is 0.818. The Morgan fingerprint density at radius 1 is 1.29 bits per heavy atom. The number of hydrogen-bond donors (Lipinski definition) is 0. The molecule has 0 aliphatic carbocycles. The second-order valence-corrected chi connectivity index (χ2v) is 6.47. The van der Waals surface area contributed by atoms with Crippen molar-refractivity contribution in [2.45, 2.75) is 32.0 Å². The molecule has 3 rings (SSSR count). The molecule has 1 atom stereocenters. The summed E-state index contributed by atoms with van der Waals surface area (Å²) in [5.41, 5.74) is 0.862. The highest BCUT2D eigenvalue weighted by atomic mass is 32.1. The first-order valence-electron chi connectivity index (χ1n) is 7.54. The molecule has 7 nitrogen and oxygen atoms in total. The molecule has 1 amide bonds. The Morgan fingerprint density at radius 2 is 2.00 bits per heavy atom. The van der Waals surface area contributed by atoms with Gasteiger partial charge in [0.05, 0.1) is 5.71 Å². The van der Waals surface area contributed by atoms with Gasteiger partial charge in [0.1, 0.15) is 0 Å². The van der Waals surface area contributed by atoms with Crippen molar-refractivity contribution in [2.75, 3.05) is 31.1 Å². The van der Waals surface area contributed by atoms with Crippen LogP contribution in [-0.4, -0.2) is 59.0 Å². The van der Waals surface area contributed by atoms with Crippen molar-refractivity contribution in [1.29, 1.82) is 0 Å². The van der Waals surface area contributed by atoms with E-state index in [0.717, 1.165) is 12.1 Å². The van der Waals surface area contributed by atoms with E-state index < -0.39 is 17.3 Å². The van der Waals surface area contributed by atoms with Gasteiger partial charge in [-0.25, -0.2) is 0 Å². The summed E-state index contributed by atoms with van der Waals surface area (Å²) < 4.78 is 37.7. The Kier molecular flexibility index (Phi) is 4.61. The molecule has 2 aliphatic rings. The first kappa shape index (κ1) is 16.9. The van der Waals surface area contributed by atoms with Crippen LogP contribution in [0.4, 0.5) is 18.3 Å². The molecule has 1 aromatic rings. The van der Waals surface area contributed by atoms with E-state index in [4.69, 9.17) is 4.84 Å². The zero-order valence-electron chi connectivity index (χ0n) is 12.9. The minimum atomic E-state index is -4.48. The fraction of sp³-hybridized carbons (Fsp3) is 0.692. The molecule has 0 radical (unpaired) electrons. The molecule has 1 saturated heterocycles. The monoisotopic (exact) mass is 363 g/mol. The summed E-state index contributed by atoms with van der Waals surface area (Å²) in [5, 5.41) is 9.93. The molecule has 0 bridgehead atoms. The van der Waals surface area contributed by atoms with Crippen LogP contribution in [0.5, 0.6) is 0 Å². The highest BCUT2D eigenvalue weighted by Crippen LogP contribution is 2.34. The van der Waals surface area contributed by atoms with Crippen LogP contribution in [0.3, 0.4) is 0 Å². The number of hydrogen-bond acceptors (Lipinski definition) is 7. The lowest BCUT2D eigenvalue weighted by Gasteiger charge is -2.35. The van der Waals surface area contributed by atoms with Gasteiger partial charge in [0, 0.05) is 32.6 Å². The van der Waals surface area contributed by atoms with Gasteiger partial charge >= 0.3 is 6.18 Å². The van der Waals surface area contributed by atoms with Crippen molar-refractivity contribution in [1.82, 2.24) is 15.1 Å². The summed E-state index contributed by atoms with van der Waals surface area (Å²) in [6.45, 7) is 3.58. The number of rotatable bonds is 3. The maximum Gasteiger partial charge on any atom is 0.445 e. The predicted octanol–water partition coefficient (Wildman–Crippen LogP) is 1.76. The number of carbonyl (C=O) groups is 1. The average molecular weight is 363 g/mol. The van der Waals surface area contributed by atoms with Gasteiger partial charge in [0.2, 0.25) is 16.2 Å². The predicted molar refractivity (Wildman–Crippen MR) is 80.9 cm³/mol. The van der Waals surface area contributed by atoms with E-state index >= 15 is 0 Å². The fourth-order valence-corrected chi connectivity index (χ4v) is 3.31. The number of halogens is 3. The normalized spacial score (nSPS) is 21.7. The SMILES string of the molecule is CCC1=NO[C@@H](C(=O)N2CCN(c3nnc(C(F)(F)F)s3)CC2)C1. The standard InChI is InChI=1S/C13H16F3N5O2S/c1-2-8-7-9(23-19-8)10(22)20-3-5-21(6-4-20)12-18-17-11(24-12)13(14,15)16/h9H,2-7H2,1H3/t9-/m1/s1. The number of alkyl halides is 3. The van der Waals surface area contributed by atoms with Crippen LogP contribution in [-0.2, 0) is 15.8 Å². The number of nitrogens with zero attached hydrogens (tertiary/aromatic N) is 5. The summed E-state index contributed by atoms with van der Waals surface area (Å²) in [6, 6.07) is 0. The lowest BCUT2D eigenvalue weighted by atomic mass is 10.1. The van der Waals surface area contributed by atoms with Gasteiger partial charge in [-0.1, -0.05) is 23.4 Å². The number of aromatic nitrogens is 2. The number of anilines is 1. The Morgan fingerprint density at radius 3 is 2.54 bits per heavy atom. The number of piperazine rings is 1. The fourth-order valence-electron chi connectivity index (χ4n) is 2.55. The van der Waals surface area contributed by atoms with Crippen LogP contribution in [0, 0.1) is 0 Å². The summed E-state index contributed by atoms with van der Waals surface area (Å²) in [6.07, 6.45) is -3.81. The Hall–Kier alpha value is -1.91. The summed E-state index contributed by atoms with van der Waals surface area (Å²) in [7, 11) is 0. The third-order valence-electron chi connectivity index (χ3n) is 3.93. The summed E-state index contributed by atoms with van der Waals surface area (Å²) >= 11 is 0.517. The summed E-state index contributed by atoms with van der Waals surface area (Å²) in [4.78, 5) is 20.9. The van der Waals surface area contributed by atoms with Crippen molar-refractivity contribution in [3.05, 3.63) is 5.01 Å². The van der Waals surface area contributed by atoms with Crippen LogP contribution in [0.25, 0.3) is 0 Å². The van der Waals surface area contributed by atoms with Crippen LogP contribution in [0.15, 0.2) is 5.16 Å². The van der Waals surface area contributed by atoms with Crippen LogP contribution in [0.1, 0.15) is 24.8 Å². The highest BCUT2D eigenvalue weighted by molar-refractivity contribution is 7.15. The second-order valence-electron chi connectivity index (χ2n) is 5.51. The Balaban J connectivity index is 1.54. The Bertz CT molecular complexity index is 640. The first-order chi connectivity index (χ1) is 11.4. The van der Waals surface area contributed by atoms with Crippen LogP contribution in [0.2, 0.25) is 0 Å². The maximum absolute atomic E-state index is 12.6. The third kappa shape index (κ3) is 3.45. The molecule has 24 heavy (non-hydrogen) atoms. The number of carbonyl (C=O) groups excluding carboxylic acids is 1. The number of oxime groups is 1. The molecule has 3 heterocycles. The molecular formula is C13H16F3N5O2S. The lowest BCUT2D eigenvalue weighted by molar-refractivity contribution is -0.142. The molecule has 0 unspecified atom stereocenters. The van der Waals surface area contributed by atoms with Gasteiger partial charge < -0.3 is 14.6 Å².